The van der Waals surface area contributed by atoms with Crippen LogP contribution in [-0.4, -0.2) is 32.4 Å². The lowest BCUT2D eigenvalue weighted by Crippen LogP contribution is -2.37. The van der Waals surface area contributed by atoms with Gasteiger partial charge in [0.1, 0.15) is 5.75 Å². The molecule has 1 aromatic carbocycles. The highest BCUT2D eigenvalue weighted by molar-refractivity contribution is 6.30. The fourth-order valence-electron chi connectivity index (χ4n) is 1.78. The Balaban J connectivity index is 3.21. The summed E-state index contributed by atoms with van der Waals surface area (Å²) < 4.78 is 5.30. The molecule has 0 heterocycles. The molecule has 1 aromatic rings. The number of likely N-dealkylation sites (N-methyl/N-ethyl adjacent to an activating group) is 1. The van der Waals surface area contributed by atoms with E-state index in [4.69, 9.17) is 16.3 Å². The van der Waals surface area contributed by atoms with Gasteiger partial charge in [0.05, 0.1) is 13.7 Å². The van der Waals surface area contributed by atoms with E-state index in [0.717, 1.165) is 11.3 Å². The molecule has 0 aliphatic heterocycles. The van der Waals surface area contributed by atoms with Crippen molar-refractivity contribution in [3.05, 3.63) is 28.8 Å². The highest BCUT2D eigenvalue weighted by Crippen LogP contribution is 2.33. The molecule has 90 valence electrons. The van der Waals surface area contributed by atoms with Gasteiger partial charge in [0, 0.05) is 22.5 Å². The van der Waals surface area contributed by atoms with Crippen molar-refractivity contribution in [2.24, 2.45) is 0 Å². The van der Waals surface area contributed by atoms with Crippen LogP contribution in [0.5, 0.6) is 5.75 Å². The largest absolute Gasteiger partial charge is 0.496 e. The lowest BCUT2D eigenvalue weighted by molar-refractivity contribution is 0.200. The zero-order valence-corrected chi connectivity index (χ0v) is 10.6. The van der Waals surface area contributed by atoms with Crippen molar-refractivity contribution in [1.82, 2.24) is 5.32 Å². The molecule has 1 rings (SSSR count). The number of benzene rings is 1. The van der Waals surface area contributed by atoms with Gasteiger partial charge in [-0.15, -0.1) is 0 Å². The molecule has 0 saturated carbocycles. The van der Waals surface area contributed by atoms with E-state index in [1.54, 1.807) is 13.2 Å². The first-order valence-corrected chi connectivity index (χ1v) is 5.54. The molecule has 1 atom stereocenters. The molecule has 0 fully saturated rings. The third-order valence-corrected chi connectivity index (χ3v) is 2.96. The lowest BCUT2D eigenvalue weighted by atomic mass is 9.82. The van der Waals surface area contributed by atoms with Crippen LogP contribution in [0.4, 0.5) is 0 Å². The third kappa shape index (κ3) is 2.67. The number of nitrogens with one attached hydrogen (secondary N) is 1. The van der Waals surface area contributed by atoms with Crippen LogP contribution < -0.4 is 10.1 Å². The van der Waals surface area contributed by atoms with Gasteiger partial charge >= 0.3 is 0 Å². The van der Waals surface area contributed by atoms with Gasteiger partial charge in [-0.05, 0) is 25.2 Å². The van der Waals surface area contributed by atoms with Gasteiger partial charge in [0.25, 0.3) is 0 Å². The Bertz CT molecular complexity index is 357. The summed E-state index contributed by atoms with van der Waals surface area (Å²) >= 11 is 5.98. The second kappa shape index (κ2) is 5.53. The molecule has 16 heavy (non-hydrogen) atoms. The van der Waals surface area contributed by atoms with Crippen LogP contribution >= 0.6 is 11.6 Å². The zero-order chi connectivity index (χ0) is 12.2. The summed E-state index contributed by atoms with van der Waals surface area (Å²) in [5.74, 6) is 0.746. The van der Waals surface area contributed by atoms with Gasteiger partial charge in [0.15, 0.2) is 0 Å². The van der Waals surface area contributed by atoms with Gasteiger partial charge in [-0.25, -0.2) is 0 Å². The summed E-state index contributed by atoms with van der Waals surface area (Å²) in [7, 11) is 3.47. The Hall–Kier alpha value is -0.770. The van der Waals surface area contributed by atoms with E-state index in [9.17, 15) is 5.11 Å². The Morgan fingerprint density at radius 3 is 2.69 bits per heavy atom. The van der Waals surface area contributed by atoms with Gasteiger partial charge < -0.3 is 15.2 Å². The first-order chi connectivity index (χ1) is 7.57. The highest BCUT2D eigenvalue weighted by Gasteiger charge is 2.28. The SMILES string of the molecule is CNCC(C)(CO)c1cc(Cl)ccc1OC. The molecule has 1 unspecified atom stereocenters. The lowest BCUT2D eigenvalue weighted by Gasteiger charge is -2.29. The number of rotatable bonds is 5. The van der Waals surface area contributed by atoms with Crippen LogP contribution in [-0.2, 0) is 5.41 Å². The molecule has 0 aliphatic rings. The normalized spacial score (nSPS) is 14.6. The van der Waals surface area contributed by atoms with Crippen molar-refractivity contribution in [3.8, 4) is 5.75 Å². The van der Waals surface area contributed by atoms with Crippen molar-refractivity contribution >= 4 is 11.6 Å². The molecule has 0 bridgehead atoms. The number of halogens is 1. The Morgan fingerprint density at radius 2 is 2.19 bits per heavy atom. The highest BCUT2D eigenvalue weighted by atomic mass is 35.5. The Kier molecular flexibility index (Phi) is 4.59. The van der Waals surface area contributed by atoms with Crippen molar-refractivity contribution in [2.45, 2.75) is 12.3 Å². The topological polar surface area (TPSA) is 41.5 Å². The predicted molar refractivity (Wildman–Crippen MR) is 66.4 cm³/mol. The monoisotopic (exact) mass is 243 g/mol. The standard InChI is InChI=1S/C12H18ClNO2/c1-12(8-15,7-14-2)10-6-9(13)4-5-11(10)16-3/h4-6,14-15H,7-8H2,1-3H3. The number of hydrogen-bond acceptors (Lipinski definition) is 3. The van der Waals surface area contributed by atoms with E-state index < -0.39 is 5.41 Å². The van der Waals surface area contributed by atoms with Crippen LogP contribution in [0.1, 0.15) is 12.5 Å². The fraction of sp³-hybridized carbons (Fsp3) is 0.500. The molecule has 0 spiro atoms. The van der Waals surface area contributed by atoms with Gasteiger partial charge in [0.2, 0.25) is 0 Å². The number of methoxy groups -OCH3 is 1. The minimum Gasteiger partial charge on any atom is -0.496 e. The maximum absolute atomic E-state index is 9.54. The second-order valence-electron chi connectivity index (χ2n) is 4.09. The smallest absolute Gasteiger partial charge is 0.122 e. The maximum atomic E-state index is 9.54. The molecule has 2 N–H and O–H groups in total. The van der Waals surface area contributed by atoms with E-state index in [-0.39, 0.29) is 6.61 Å². The molecule has 0 amide bonds. The zero-order valence-electron chi connectivity index (χ0n) is 9.88. The summed E-state index contributed by atoms with van der Waals surface area (Å²) in [4.78, 5) is 0. The maximum Gasteiger partial charge on any atom is 0.122 e. The van der Waals surface area contributed by atoms with Gasteiger partial charge in [-0.3, -0.25) is 0 Å². The third-order valence-electron chi connectivity index (χ3n) is 2.73. The second-order valence-corrected chi connectivity index (χ2v) is 4.53. The van der Waals surface area contributed by atoms with Crippen LogP contribution in [0.25, 0.3) is 0 Å². The quantitative estimate of drug-likeness (QED) is 0.829. The van der Waals surface area contributed by atoms with E-state index in [1.165, 1.54) is 0 Å². The van der Waals surface area contributed by atoms with E-state index in [2.05, 4.69) is 5.32 Å². The average molecular weight is 244 g/mol. The van der Waals surface area contributed by atoms with Crippen LogP contribution in [0.2, 0.25) is 5.02 Å². The number of aliphatic hydroxyl groups excluding tert-OH is 1. The van der Waals surface area contributed by atoms with Gasteiger partial charge in [-0.2, -0.15) is 0 Å². The number of hydrogen-bond donors (Lipinski definition) is 2. The summed E-state index contributed by atoms with van der Waals surface area (Å²) in [5, 5.41) is 13.3. The van der Waals surface area contributed by atoms with Crippen LogP contribution in [0.15, 0.2) is 18.2 Å². The van der Waals surface area contributed by atoms with E-state index in [0.29, 0.717) is 11.6 Å². The molecule has 0 aliphatic carbocycles. The summed E-state index contributed by atoms with van der Waals surface area (Å²) in [5.41, 5.74) is 0.518. The minimum atomic E-state index is -0.398. The number of ether oxygens (including phenoxy) is 1. The predicted octanol–water partition coefficient (Wildman–Crippen LogP) is 1.82. The first-order valence-electron chi connectivity index (χ1n) is 5.17. The average Bonchev–Trinajstić information content (AvgIpc) is 2.29. The first kappa shape index (κ1) is 13.3. The molecule has 0 radical (unpaired) electrons. The number of aliphatic hydroxyl groups is 1. The van der Waals surface area contributed by atoms with Gasteiger partial charge in [-0.1, -0.05) is 18.5 Å². The van der Waals surface area contributed by atoms with Crippen molar-refractivity contribution in [1.29, 1.82) is 0 Å². The van der Waals surface area contributed by atoms with E-state index >= 15 is 0 Å². The summed E-state index contributed by atoms with van der Waals surface area (Å²) in [6.45, 7) is 2.66. The van der Waals surface area contributed by atoms with Crippen molar-refractivity contribution in [2.75, 3.05) is 27.3 Å². The molecule has 0 aromatic heterocycles. The van der Waals surface area contributed by atoms with E-state index in [1.807, 2.05) is 26.1 Å². The molecular formula is C12H18ClNO2. The molecule has 3 nitrogen and oxygen atoms in total. The minimum absolute atomic E-state index is 0.0323. The summed E-state index contributed by atoms with van der Waals surface area (Å²) in [6.07, 6.45) is 0. The fourth-order valence-corrected chi connectivity index (χ4v) is 1.95. The summed E-state index contributed by atoms with van der Waals surface area (Å²) in [6, 6.07) is 5.44. The van der Waals surface area contributed by atoms with Crippen molar-refractivity contribution in [3.63, 3.8) is 0 Å². The van der Waals surface area contributed by atoms with Crippen LogP contribution in [0.3, 0.4) is 0 Å². The molecule has 0 saturated heterocycles. The molecular weight excluding hydrogens is 226 g/mol. The van der Waals surface area contributed by atoms with Crippen LogP contribution in [0, 0.1) is 0 Å². The van der Waals surface area contributed by atoms with Crippen molar-refractivity contribution < 1.29 is 9.84 Å². The Morgan fingerprint density at radius 1 is 1.50 bits per heavy atom. The molecule has 4 heteroatoms. The Labute approximate surface area is 101 Å².